The van der Waals surface area contributed by atoms with E-state index in [0.29, 0.717) is 34.4 Å². The summed E-state index contributed by atoms with van der Waals surface area (Å²) in [6, 6.07) is 21.2. The molecule has 0 unspecified atom stereocenters. The van der Waals surface area contributed by atoms with Gasteiger partial charge in [0.25, 0.3) is 10.0 Å². The summed E-state index contributed by atoms with van der Waals surface area (Å²) in [6.45, 7) is 0.326. The van der Waals surface area contributed by atoms with Crippen molar-refractivity contribution in [1.82, 2.24) is 0 Å². The van der Waals surface area contributed by atoms with Crippen LogP contribution in [0.4, 0.5) is 5.69 Å². The molecule has 0 heterocycles. The summed E-state index contributed by atoms with van der Waals surface area (Å²) < 4.78 is 38.1. The molecule has 0 aliphatic carbocycles. The Morgan fingerprint density at radius 3 is 2.52 bits per heavy atom. The van der Waals surface area contributed by atoms with Crippen LogP contribution >= 0.6 is 11.6 Å². The largest absolute Gasteiger partial charge is 0.497 e. The molecule has 3 rings (SSSR count). The molecule has 3 aromatic carbocycles. The van der Waals surface area contributed by atoms with E-state index in [0.717, 1.165) is 11.0 Å². The lowest BCUT2D eigenvalue weighted by Gasteiger charge is -2.09. The number of sulfonamides is 1. The predicted octanol–water partition coefficient (Wildman–Crippen LogP) is 5.34. The van der Waals surface area contributed by atoms with E-state index >= 15 is 0 Å². The molecule has 3 aromatic rings. The number of hydrogen-bond donors (Lipinski definition) is 1. The lowest BCUT2D eigenvalue weighted by Crippen LogP contribution is -2.09. The lowest BCUT2D eigenvalue weighted by molar-refractivity contribution is 0.306. The van der Waals surface area contributed by atoms with E-state index in [-0.39, 0.29) is 0 Å². The Balaban J connectivity index is 1.65. The smallest absolute Gasteiger partial charge is 0.255 e. The third kappa shape index (κ3) is 6.55. The summed E-state index contributed by atoms with van der Waals surface area (Å²) >= 11 is 5.97. The molecule has 0 spiro atoms. The van der Waals surface area contributed by atoms with Crippen LogP contribution in [-0.2, 0) is 16.6 Å². The van der Waals surface area contributed by atoms with Crippen LogP contribution in [-0.4, -0.2) is 15.5 Å². The third-order valence-corrected chi connectivity index (χ3v) is 5.17. The zero-order valence-electron chi connectivity index (χ0n) is 15.7. The van der Waals surface area contributed by atoms with Gasteiger partial charge in [-0.25, -0.2) is 8.42 Å². The highest BCUT2D eigenvalue weighted by molar-refractivity contribution is 7.95. The standard InChI is InChI=1S/C22H20ClNO4S/c1-27-21-9-3-5-17(14-21)11-12-29(25,26)24-20-8-4-10-22(15-20)28-16-18-6-2-7-19(23)13-18/h2-15,24H,16H2,1H3. The van der Waals surface area contributed by atoms with Gasteiger partial charge in [-0.2, -0.15) is 0 Å². The van der Waals surface area contributed by atoms with E-state index in [4.69, 9.17) is 21.1 Å². The normalized spacial score (nSPS) is 11.4. The molecule has 0 aliphatic heterocycles. The van der Waals surface area contributed by atoms with Gasteiger partial charge in [0, 0.05) is 11.1 Å². The number of nitrogens with one attached hydrogen (secondary N) is 1. The average molecular weight is 430 g/mol. The van der Waals surface area contributed by atoms with Gasteiger partial charge in [0.2, 0.25) is 0 Å². The Kier molecular flexibility index (Phi) is 6.80. The highest BCUT2D eigenvalue weighted by Gasteiger charge is 2.07. The maximum absolute atomic E-state index is 12.4. The fourth-order valence-electron chi connectivity index (χ4n) is 2.55. The van der Waals surface area contributed by atoms with Gasteiger partial charge in [-0.1, -0.05) is 41.9 Å². The molecule has 0 amide bonds. The average Bonchev–Trinajstić information content (AvgIpc) is 2.71. The summed E-state index contributed by atoms with van der Waals surface area (Å²) in [5.41, 5.74) is 2.04. The number of hydrogen-bond acceptors (Lipinski definition) is 4. The van der Waals surface area contributed by atoms with Crippen LogP contribution in [0, 0.1) is 0 Å². The van der Waals surface area contributed by atoms with Crippen molar-refractivity contribution < 1.29 is 17.9 Å². The van der Waals surface area contributed by atoms with Gasteiger partial charge in [0.05, 0.1) is 18.2 Å². The van der Waals surface area contributed by atoms with Gasteiger partial charge in [-0.3, -0.25) is 4.72 Å². The maximum atomic E-state index is 12.4. The minimum atomic E-state index is -3.69. The summed E-state index contributed by atoms with van der Waals surface area (Å²) in [4.78, 5) is 0. The van der Waals surface area contributed by atoms with Crippen molar-refractivity contribution in [1.29, 1.82) is 0 Å². The Labute approximate surface area is 175 Å². The van der Waals surface area contributed by atoms with Crippen molar-refractivity contribution in [3.8, 4) is 11.5 Å². The van der Waals surface area contributed by atoms with Crippen LogP contribution in [0.1, 0.15) is 11.1 Å². The predicted molar refractivity (Wildman–Crippen MR) is 117 cm³/mol. The molecule has 0 aromatic heterocycles. The Morgan fingerprint density at radius 1 is 0.966 bits per heavy atom. The Hall–Kier alpha value is -2.96. The molecule has 1 N–H and O–H groups in total. The van der Waals surface area contributed by atoms with Crippen LogP contribution in [0.3, 0.4) is 0 Å². The van der Waals surface area contributed by atoms with E-state index in [1.54, 1.807) is 61.7 Å². The molecular formula is C22H20ClNO4S. The minimum Gasteiger partial charge on any atom is -0.497 e. The van der Waals surface area contributed by atoms with Crippen molar-refractivity contribution in [3.05, 3.63) is 94.4 Å². The zero-order valence-corrected chi connectivity index (χ0v) is 17.3. The monoisotopic (exact) mass is 429 g/mol. The zero-order chi connectivity index (χ0) is 20.7. The van der Waals surface area contributed by atoms with E-state index in [2.05, 4.69) is 4.72 Å². The van der Waals surface area contributed by atoms with Crippen molar-refractivity contribution in [2.45, 2.75) is 6.61 Å². The second kappa shape index (κ2) is 9.49. The van der Waals surface area contributed by atoms with Crippen molar-refractivity contribution in [3.63, 3.8) is 0 Å². The first-order valence-electron chi connectivity index (χ1n) is 8.76. The van der Waals surface area contributed by atoms with E-state index in [1.807, 2.05) is 18.2 Å². The first-order chi connectivity index (χ1) is 13.9. The van der Waals surface area contributed by atoms with Crippen LogP contribution in [0.25, 0.3) is 6.08 Å². The summed E-state index contributed by atoms with van der Waals surface area (Å²) in [7, 11) is -2.13. The third-order valence-electron chi connectivity index (χ3n) is 3.92. The van der Waals surface area contributed by atoms with Gasteiger partial charge >= 0.3 is 0 Å². The van der Waals surface area contributed by atoms with Gasteiger partial charge in [0.15, 0.2) is 0 Å². The number of halogens is 1. The van der Waals surface area contributed by atoms with E-state index in [1.165, 1.54) is 6.08 Å². The topological polar surface area (TPSA) is 64.6 Å². The van der Waals surface area contributed by atoms with Gasteiger partial charge in [0.1, 0.15) is 18.1 Å². The Morgan fingerprint density at radius 2 is 1.72 bits per heavy atom. The van der Waals surface area contributed by atoms with Crippen LogP contribution < -0.4 is 14.2 Å². The minimum absolute atomic E-state index is 0.326. The SMILES string of the molecule is COc1cccc(C=CS(=O)(=O)Nc2cccc(OCc3cccc(Cl)c3)c2)c1. The number of benzene rings is 3. The number of rotatable bonds is 8. The molecule has 0 bridgehead atoms. The second-order valence-electron chi connectivity index (χ2n) is 6.17. The number of methoxy groups -OCH3 is 1. The Bertz CT molecular complexity index is 1110. The highest BCUT2D eigenvalue weighted by atomic mass is 35.5. The summed E-state index contributed by atoms with van der Waals surface area (Å²) in [5.74, 6) is 1.20. The summed E-state index contributed by atoms with van der Waals surface area (Å²) in [5, 5.41) is 1.75. The molecule has 150 valence electrons. The summed E-state index contributed by atoms with van der Waals surface area (Å²) in [6.07, 6.45) is 1.50. The maximum Gasteiger partial charge on any atom is 0.255 e. The quantitative estimate of drug-likeness (QED) is 0.525. The first kappa shape index (κ1) is 20.8. The number of anilines is 1. The lowest BCUT2D eigenvalue weighted by atomic mass is 10.2. The molecule has 0 fully saturated rings. The molecule has 0 saturated heterocycles. The van der Waals surface area contributed by atoms with Gasteiger partial charge in [-0.15, -0.1) is 0 Å². The van der Waals surface area contributed by atoms with E-state index < -0.39 is 10.0 Å². The van der Waals surface area contributed by atoms with Crippen molar-refractivity contribution in [2.75, 3.05) is 11.8 Å². The van der Waals surface area contributed by atoms with Gasteiger partial charge in [-0.05, 0) is 53.6 Å². The first-order valence-corrected chi connectivity index (χ1v) is 10.7. The molecule has 0 radical (unpaired) electrons. The molecule has 29 heavy (non-hydrogen) atoms. The van der Waals surface area contributed by atoms with Crippen molar-refractivity contribution in [2.24, 2.45) is 0 Å². The second-order valence-corrected chi connectivity index (χ2v) is 8.18. The molecule has 0 aliphatic rings. The highest BCUT2D eigenvalue weighted by Crippen LogP contribution is 2.21. The van der Waals surface area contributed by atoms with E-state index in [9.17, 15) is 8.42 Å². The molecule has 0 atom stereocenters. The van der Waals surface area contributed by atoms with Crippen LogP contribution in [0.5, 0.6) is 11.5 Å². The fourth-order valence-corrected chi connectivity index (χ4v) is 3.63. The van der Waals surface area contributed by atoms with Gasteiger partial charge < -0.3 is 9.47 Å². The van der Waals surface area contributed by atoms with Crippen LogP contribution in [0.2, 0.25) is 5.02 Å². The molecule has 0 saturated carbocycles. The molecular weight excluding hydrogens is 410 g/mol. The molecule has 7 heteroatoms. The number of ether oxygens (including phenoxy) is 2. The van der Waals surface area contributed by atoms with Crippen molar-refractivity contribution >= 4 is 33.4 Å². The molecule has 5 nitrogen and oxygen atoms in total. The fraction of sp³-hybridized carbons (Fsp3) is 0.0909. The van der Waals surface area contributed by atoms with Crippen LogP contribution in [0.15, 0.2) is 78.2 Å².